The van der Waals surface area contributed by atoms with Crippen LogP contribution in [0.2, 0.25) is 0 Å². The van der Waals surface area contributed by atoms with Crippen molar-refractivity contribution >= 4 is 11.9 Å². The van der Waals surface area contributed by atoms with Gasteiger partial charge in [0.2, 0.25) is 5.91 Å². The van der Waals surface area contributed by atoms with Crippen molar-refractivity contribution in [3.05, 3.63) is 36.0 Å². The summed E-state index contributed by atoms with van der Waals surface area (Å²) in [7, 11) is 0. The Balaban J connectivity index is 1.97. The first kappa shape index (κ1) is 13.3. The van der Waals surface area contributed by atoms with Gasteiger partial charge in [0.15, 0.2) is 5.69 Å². The average Bonchev–Trinajstić information content (AvgIpc) is 3.07. The van der Waals surface area contributed by atoms with Gasteiger partial charge in [-0.15, -0.1) is 5.10 Å². The molecular weight excluding hydrogens is 272 g/mol. The normalized spacial score (nSPS) is 17.7. The molecule has 0 spiro atoms. The molecule has 1 fully saturated rings. The molecule has 1 amide bonds. The standard InChI is InChI=1S/C14H14N4O3/c19-11-7-6-10(15-11)8-18-13(9-4-2-1-3-5-9)12(14(20)21)16-17-18/h1-5,10H,6-8H2,(H,15,19)(H,20,21). The highest BCUT2D eigenvalue weighted by molar-refractivity contribution is 5.92. The van der Waals surface area contributed by atoms with Crippen molar-refractivity contribution in [3.8, 4) is 11.3 Å². The van der Waals surface area contributed by atoms with E-state index in [-0.39, 0.29) is 17.6 Å². The number of carboxylic acid groups (broad SMARTS) is 1. The first-order chi connectivity index (χ1) is 10.1. The maximum absolute atomic E-state index is 11.3. The number of aromatic carboxylic acids is 1. The van der Waals surface area contributed by atoms with Gasteiger partial charge < -0.3 is 10.4 Å². The van der Waals surface area contributed by atoms with Gasteiger partial charge >= 0.3 is 5.97 Å². The van der Waals surface area contributed by atoms with E-state index in [9.17, 15) is 14.7 Å². The van der Waals surface area contributed by atoms with E-state index >= 15 is 0 Å². The summed E-state index contributed by atoms with van der Waals surface area (Å²) in [4.78, 5) is 22.6. The van der Waals surface area contributed by atoms with Gasteiger partial charge in [-0.2, -0.15) is 0 Å². The molecule has 2 aromatic rings. The number of aromatic nitrogens is 3. The predicted octanol–water partition coefficient (Wildman–Crippen LogP) is 0.922. The highest BCUT2D eigenvalue weighted by Crippen LogP contribution is 2.23. The number of carboxylic acids is 1. The highest BCUT2D eigenvalue weighted by atomic mass is 16.4. The third-order valence-corrected chi connectivity index (χ3v) is 3.46. The van der Waals surface area contributed by atoms with Crippen LogP contribution in [0.4, 0.5) is 0 Å². The fourth-order valence-electron chi connectivity index (χ4n) is 2.49. The number of hydrogen-bond donors (Lipinski definition) is 2. The van der Waals surface area contributed by atoms with Gasteiger partial charge in [-0.3, -0.25) is 4.79 Å². The van der Waals surface area contributed by atoms with Gasteiger partial charge in [-0.05, 0) is 6.42 Å². The largest absolute Gasteiger partial charge is 0.476 e. The van der Waals surface area contributed by atoms with E-state index in [0.29, 0.717) is 18.7 Å². The number of nitrogens with zero attached hydrogens (tertiary/aromatic N) is 3. The molecule has 1 aromatic carbocycles. The highest BCUT2D eigenvalue weighted by Gasteiger charge is 2.25. The number of carbonyl (C=O) groups excluding carboxylic acids is 1. The van der Waals surface area contributed by atoms with Crippen molar-refractivity contribution < 1.29 is 14.7 Å². The molecular formula is C14H14N4O3. The Morgan fingerprint density at radius 2 is 2.14 bits per heavy atom. The maximum Gasteiger partial charge on any atom is 0.358 e. The zero-order chi connectivity index (χ0) is 14.8. The molecule has 1 aliphatic heterocycles. The van der Waals surface area contributed by atoms with Crippen LogP contribution in [0, 0.1) is 0 Å². The summed E-state index contributed by atoms with van der Waals surface area (Å²) in [6.07, 6.45) is 1.21. The van der Waals surface area contributed by atoms with E-state index < -0.39 is 5.97 Å². The Bertz CT molecular complexity index is 681. The topological polar surface area (TPSA) is 97.1 Å². The van der Waals surface area contributed by atoms with Gasteiger partial charge in [0.1, 0.15) is 5.69 Å². The maximum atomic E-state index is 11.3. The third kappa shape index (κ3) is 2.62. The lowest BCUT2D eigenvalue weighted by Gasteiger charge is -2.12. The van der Waals surface area contributed by atoms with Crippen molar-refractivity contribution in [3.63, 3.8) is 0 Å². The molecule has 2 N–H and O–H groups in total. The lowest BCUT2D eigenvalue weighted by molar-refractivity contribution is -0.119. The fraction of sp³-hybridized carbons (Fsp3) is 0.286. The number of rotatable bonds is 4. The van der Waals surface area contributed by atoms with Crippen molar-refractivity contribution in [1.82, 2.24) is 20.3 Å². The van der Waals surface area contributed by atoms with Crippen LogP contribution in [0.15, 0.2) is 30.3 Å². The average molecular weight is 286 g/mol. The van der Waals surface area contributed by atoms with E-state index in [1.165, 1.54) is 0 Å². The smallest absolute Gasteiger partial charge is 0.358 e. The fourth-order valence-corrected chi connectivity index (χ4v) is 2.49. The molecule has 7 heteroatoms. The van der Waals surface area contributed by atoms with Crippen molar-refractivity contribution in [2.45, 2.75) is 25.4 Å². The Kier molecular flexibility index (Phi) is 3.39. The third-order valence-electron chi connectivity index (χ3n) is 3.46. The summed E-state index contributed by atoms with van der Waals surface area (Å²) in [6.45, 7) is 0.413. The second-order valence-corrected chi connectivity index (χ2v) is 4.94. The van der Waals surface area contributed by atoms with Crippen LogP contribution in [0.5, 0.6) is 0 Å². The second-order valence-electron chi connectivity index (χ2n) is 4.94. The Hall–Kier alpha value is -2.70. The first-order valence-corrected chi connectivity index (χ1v) is 6.66. The van der Waals surface area contributed by atoms with Crippen LogP contribution in [-0.2, 0) is 11.3 Å². The SMILES string of the molecule is O=C1CCC(Cn2nnc(C(=O)O)c2-c2ccccc2)N1. The first-order valence-electron chi connectivity index (χ1n) is 6.66. The molecule has 1 aromatic heterocycles. The Labute approximate surface area is 120 Å². The van der Waals surface area contributed by atoms with E-state index in [4.69, 9.17) is 0 Å². The molecule has 0 bridgehead atoms. The van der Waals surface area contributed by atoms with Crippen molar-refractivity contribution in [2.24, 2.45) is 0 Å². The number of carbonyl (C=O) groups is 2. The van der Waals surface area contributed by atoms with Crippen LogP contribution in [0.25, 0.3) is 11.3 Å². The molecule has 0 saturated carbocycles. The summed E-state index contributed by atoms with van der Waals surface area (Å²) < 4.78 is 1.55. The minimum Gasteiger partial charge on any atom is -0.476 e. The van der Waals surface area contributed by atoms with Crippen LogP contribution < -0.4 is 5.32 Å². The number of hydrogen-bond acceptors (Lipinski definition) is 4. The molecule has 7 nitrogen and oxygen atoms in total. The van der Waals surface area contributed by atoms with Crippen molar-refractivity contribution in [1.29, 1.82) is 0 Å². The van der Waals surface area contributed by atoms with Gasteiger partial charge in [-0.1, -0.05) is 35.5 Å². The molecule has 108 valence electrons. The number of benzene rings is 1. The lowest BCUT2D eigenvalue weighted by atomic mass is 10.1. The lowest BCUT2D eigenvalue weighted by Crippen LogP contribution is -2.30. The Morgan fingerprint density at radius 1 is 1.38 bits per heavy atom. The number of amides is 1. The minimum atomic E-state index is -1.12. The van der Waals surface area contributed by atoms with Crippen LogP contribution in [0.1, 0.15) is 23.3 Å². The zero-order valence-electron chi connectivity index (χ0n) is 11.2. The van der Waals surface area contributed by atoms with Gasteiger partial charge in [0.25, 0.3) is 0 Å². The minimum absolute atomic E-state index is 0.0137. The van der Waals surface area contributed by atoms with Gasteiger partial charge in [-0.25, -0.2) is 9.48 Å². The molecule has 3 rings (SSSR count). The van der Waals surface area contributed by atoms with Gasteiger partial charge in [0.05, 0.1) is 6.54 Å². The van der Waals surface area contributed by atoms with E-state index in [1.807, 2.05) is 30.3 Å². The van der Waals surface area contributed by atoms with Crippen LogP contribution in [-0.4, -0.2) is 38.0 Å². The molecule has 21 heavy (non-hydrogen) atoms. The zero-order valence-corrected chi connectivity index (χ0v) is 11.2. The molecule has 1 saturated heterocycles. The summed E-state index contributed by atoms with van der Waals surface area (Å²) in [6, 6.07) is 9.10. The summed E-state index contributed by atoms with van der Waals surface area (Å²) in [5.41, 5.74) is 1.12. The van der Waals surface area contributed by atoms with E-state index in [1.54, 1.807) is 4.68 Å². The van der Waals surface area contributed by atoms with E-state index in [0.717, 1.165) is 12.0 Å². The predicted molar refractivity (Wildman–Crippen MR) is 73.6 cm³/mol. The quantitative estimate of drug-likeness (QED) is 0.871. The second kappa shape index (κ2) is 5.35. The van der Waals surface area contributed by atoms with Crippen LogP contribution in [0.3, 0.4) is 0 Å². The van der Waals surface area contributed by atoms with Crippen molar-refractivity contribution in [2.75, 3.05) is 0 Å². The molecule has 0 radical (unpaired) electrons. The molecule has 1 unspecified atom stereocenters. The summed E-state index contributed by atoms with van der Waals surface area (Å²) in [5, 5.41) is 19.8. The molecule has 0 aliphatic carbocycles. The monoisotopic (exact) mass is 286 g/mol. The van der Waals surface area contributed by atoms with E-state index in [2.05, 4.69) is 15.6 Å². The molecule has 1 atom stereocenters. The Morgan fingerprint density at radius 3 is 2.76 bits per heavy atom. The summed E-state index contributed by atoms with van der Waals surface area (Å²) in [5.74, 6) is -1.10. The number of nitrogens with one attached hydrogen (secondary N) is 1. The molecule has 1 aliphatic rings. The van der Waals surface area contributed by atoms with Gasteiger partial charge in [0, 0.05) is 18.0 Å². The molecule has 2 heterocycles. The van der Waals surface area contributed by atoms with Crippen LogP contribution >= 0.6 is 0 Å². The summed E-state index contributed by atoms with van der Waals surface area (Å²) >= 11 is 0.